The van der Waals surface area contributed by atoms with Crippen LogP contribution in [0.25, 0.3) is 0 Å². The van der Waals surface area contributed by atoms with Crippen LogP contribution in [0.1, 0.15) is 5.56 Å². The highest BCUT2D eigenvalue weighted by molar-refractivity contribution is 5.85. The van der Waals surface area contributed by atoms with Crippen molar-refractivity contribution < 1.29 is 5.11 Å². The van der Waals surface area contributed by atoms with Crippen LogP contribution in [0.5, 0.6) is 0 Å². The van der Waals surface area contributed by atoms with Gasteiger partial charge in [-0.2, -0.15) is 0 Å². The highest BCUT2D eigenvalue weighted by Crippen LogP contribution is 2.11. The standard InChI is InChI=1S/C14H22N2O.ClH/c1-15-7-9-16(10-8-15)14(12-17)11-13-5-3-2-4-6-13;/h2-6,14,17H,7-12H2,1H3;1H. The number of halogens is 1. The number of aliphatic hydroxyl groups excluding tert-OH is 1. The maximum absolute atomic E-state index is 9.55. The fourth-order valence-corrected chi connectivity index (χ4v) is 2.38. The number of piperazine rings is 1. The highest BCUT2D eigenvalue weighted by Gasteiger charge is 2.21. The molecule has 1 saturated heterocycles. The van der Waals surface area contributed by atoms with E-state index in [9.17, 15) is 5.11 Å². The average Bonchev–Trinajstić information content (AvgIpc) is 2.38. The van der Waals surface area contributed by atoms with Crippen LogP contribution in [-0.2, 0) is 6.42 Å². The number of rotatable bonds is 4. The number of hydrogen-bond acceptors (Lipinski definition) is 3. The molecule has 1 atom stereocenters. The largest absolute Gasteiger partial charge is 0.395 e. The van der Waals surface area contributed by atoms with Crippen molar-refractivity contribution in [3.63, 3.8) is 0 Å². The van der Waals surface area contributed by atoms with Crippen LogP contribution in [0.2, 0.25) is 0 Å². The lowest BCUT2D eigenvalue weighted by atomic mass is 10.0. The minimum Gasteiger partial charge on any atom is -0.395 e. The van der Waals surface area contributed by atoms with Crippen molar-refractivity contribution in [2.24, 2.45) is 0 Å². The molecule has 2 rings (SSSR count). The van der Waals surface area contributed by atoms with Gasteiger partial charge in [0.05, 0.1) is 6.61 Å². The summed E-state index contributed by atoms with van der Waals surface area (Å²) in [6, 6.07) is 10.7. The number of likely N-dealkylation sites (N-methyl/N-ethyl adjacent to an activating group) is 1. The topological polar surface area (TPSA) is 26.7 Å². The van der Waals surface area contributed by atoms with E-state index in [1.807, 2.05) is 6.07 Å². The van der Waals surface area contributed by atoms with Crippen molar-refractivity contribution in [2.45, 2.75) is 12.5 Å². The van der Waals surface area contributed by atoms with Crippen molar-refractivity contribution >= 4 is 12.4 Å². The Hall–Kier alpha value is -0.610. The van der Waals surface area contributed by atoms with Gasteiger partial charge < -0.3 is 10.0 Å². The van der Waals surface area contributed by atoms with Crippen molar-refractivity contribution in [3.8, 4) is 0 Å². The number of nitrogens with zero attached hydrogens (tertiary/aromatic N) is 2. The van der Waals surface area contributed by atoms with Gasteiger partial charge in [-0.25, -0.2) is 0 Å². The molecular weight excluding hydrogens is 248 g/mol. The Labute approximate surface area is 116 Å². The van der Waals surface area contributed by atoms with E-state index in [-0.39, 0.29) is 25.1 Å². The summed E-state index contributed by atoms with van der Waals surface area (Å²) < 4.78 is 0. The van der Waals surface area contributed by atoms with E-state index < -0.39 is 0 Å². The second kappa shape index (κ2) is 7.74. The van der Waals surface area contributed by atoms with Crippen LogP contribution in [0.15, 0.2) is 30.3 Å². The van der Waals surface area contributed by atoms with Crippen molar-refractivity contribution in [2.75, 3.05) is 39.8 Å². The molecule has 0 saturated carbocycles. The maximum Gasteiger partial charge on any atom is 0.0590 e. The second-order valence-corrected chi connectivity index (χ2v) is 4.87. The molecule has 0 bridgehead atoms. The summed E-state index contributed by atoms with van der Waals surface area (Å²) in [5.74, 6) is 0. The zero-order chi connectivity index (χ0) is 12.1. The molecule has 1 N–H and O–H groups in total. The molecular formula is C14H23ClN2O. The molecule has 0 spiro atoms. The first-order valence-electron chi connectivity index (χ1n) is 6.37. The number of aliphatic hydroxyl groups is 1. The molecule has 0 radical (unpaired) electrons. The summed E-state index contributed by atoms with van der Waals surface area (Å²) in [4.78, 5) is 4.75. The van der Waals surface area contributed by atoms with E-state index in [4.69, 9.17) is 0 Å². The summed E-state index contributed by atoms with van der Waals surface area (Å²) in [5.41, 5.74) is 1.31. The van der Waals surface area contributed by atoms with Crippen LogP contribution >= 0.6 is 12.4 Å². The summed E-state index contributed by atoms with van der Waals surface area (Å²) in [6.07, 6.45) is 0.945. The first-order chi connectivity index (χ1) is 8.29. The zero-order valence-corrected chi connectivity index (χ0v) is 11.8. The van der Waals surface area contributed by atoms with Gasteiger partial charge in [0.1, 0.15) is 0 Å². The molecule has 1 fully saturated rings. The summed E-state index contributed by atoms with van der Waals surface area (Å²) in [5, 5.41) is 9.55. The molecule has 4 heteroatoms. The van der Waals surface area contributed by atoms with E-state index in [1.165, 1.54) is 5.56 Å². The van der Waals surface area contributed by atoms with E-state index >= 15 is 0 Å². The highest BCUT2D eigenvalue weighted by atomic mass is 35.5. The van der Waals surface area contributed by atoms with Crippen LogP contribution in [-0.4, -0.2) is 60.8 Å². The zero-order valence-electron chi connectivity index (χ0n) is 11.0. The molecule has 1 aromatic carbocycles. The number of hydrogen-bond donors (Lipinski definition) is 1. The second-order valence-electron chi connectivity index (χ2n) is 4.87. The minimum atomic E-state index is 0. The van der Waals surface area contributed by atoms with Crippen LogP contribution in [0, 0.1) is 0 Å². The Morgan fingerprint density at radius 2 is 1.72 bits per heavy atom. The van der Waals surface area contributed by atoms with Crippen LogP contribution in [0.4, 0.5) is 0 Å². The summed E-state index contributed by atoms with van der Waals surface area (Å²) in [7, 11) is 2.16. The SMILES string of the molecule is CN1CCN(C(CO)Cc2ccccc2)CC1.Cl. The Morgan fingerprint density at radius 3 is 2.28 bits per heavy atom. The van der Waals surface area contributed by atoms with Gasteiger partial charge in [-0.15, -0.1) is 12.4 Å². The third-order valence-corrected chi connectivity index (χ3v) is 3.58. The van der Waals surface area contributed by atoms with Gasteiger partial charge in [-0.3, -0.25) is 4.90 Å². The Morgan fingerprint density at radius 1 is 1.11 bits per heavy atom. The molecule has 1 aliphatic rings. The molecule has 0 amide bonds. The van der Waals surface area contributed by atoms with Gasteiger partial charge in [0.2, 0.25) is 0 Å². The molecule has 1 heterocycles. The van der Waals surface area contributed by atoms with Crippen LogP contribution < -0.4 is 0 Å². The molecule has 0 aromatic heterocycles. The first-order valence-corrected chi connectivity index (χ1v) is 6.37. The van der Waals surface area contributed by atoms with Gasteiger partial charge in [0, 0.05) is 32.2 Å². The smallest absolute Gasteiger partial charge is 0.0590 e. The normalized spacial score (nSPS) is 19.2. The lowest BCUT2D eigenvalue weighted by molar-refractivity contribution is 0.0750. The fraction of sp³-hybridized carbons (Fsp3) is 0.571. The molecule has 1 unspecified atom stereocenters. The molecule has 0 aliphatic carbocycles. The lowest BCUT2D eigenvalue weighted by Gasteiger charge is -2.37. The molecule has 1 aromatic rings. The van der Waals surface area contributed by atoms with Gasteiger partial charge in [-0.05, 0) is 19.0 Å². The summed E-state index contributed by atoms with van der Waals surface area (Å²) >= 11 is 0. The average molecular weight is 271 g/mol. The predicted molar refractivity (Wildman–Crippen MR) is 77.3 cm³/mol. The van der Waals surface area contributed by atoms with Gasteiger partial charge in [0.25, 0.3) is 0 Å². The predicted octanol–water partition coefficient (Wildman–Crippen LogP) is 1.26. The Balaban J connectivity index is 0.00000162. The monoisotopic (exact) mass is 270 g/mol. The molecule has 102 valence electrons. The fourth-order valence-electron chi connectivity index (χ4n) is 2.38. The van der Waals surface area contributed by atoms with Gasteiger partial charge >= 0.3 is 0 Å². The Kier molecular flexibility index (Phi) is 6.65. The number of benzene rings is 1. The summed E-state index contributed by atoms with van der Waals surface area (Å²) in [6.45, 7) is 4.58. The lowest BCUT2D eigenvalue weighted by Crippen LogP contribution is -2.50. The van der Waals surface area contributed by atoms with Crippen molar-refractivity contribution in [3.05, 3.63) is 35.9 Å². The van der Waals surface area contributed by atoms with Crippen molar-refractivity contribution in [1.29, 1.82) is 0 Å². The first kappa shape index (κ1) is 15.4. The third-order valence-electron chi connectivity index (χ3n) is 3.58. The maximum atomic E-state index is 9.55. The van der Waals surface area contributed by atoms with E-state index in [0.29, 0.717) is 0 Å². The van der Waals surface area contributed by atoms with E-state index in [0.717, 1.165) is 32.6 Å². The van der Waals surface area contributed by atoms with Crippen molar-refractivity contribution in [1.82, 2.24) is 9.80 Å². The molecule has 3 nitrogen and oxygen atoms in total. The van der Waals surface area contributed by atoms with Gasteiger partial charge in [0.15, 0.2) is 0 Å². The Bertz CT molecular complexity index is 326. The molecule has 1 aliphatic heterocycles. The quantitative estimate of drug-likeness (QED) is 0.892. The minimum absolute atomic E-state index is 0. The van der Waals surface area contributed by atoms with E-state index in [2.05, 4.69) is 41.1 Å². The van der Waals surface area contributed by atoms with Gasteiger partial charge in [-0.1, -0.05) is 30.3 Å². The third kappa shape index (κ3) is 4.25. The van der Waals surface area contributed by atoms with E-state index in [1.54, 1.807) is 0 Å². The van der Waals surface area contributed by atoms with Crippen LogP contribution in [0.3, 0.4) is 0 Å². The molecule has 18 heavy (non-hydrogen) atoms.